The Morgan fingerprint density at radius 3 is 2.91 bits per heavy atom. The molecule has 0 bridgehead atoms. The summed E-state index contributed by atoms with van der Waals surface area (Å²) in [5.74, 6) is -0.422. The van der Waals surface area contributed by atoms with Crippen LogP contribution in [0.5, 0.6) is 0 Å². The van der Waals surface area contributed by atoms with E-state index >= 15 is 0 Å². The van der Waals surface area contributed by atoms with Crippen LogP contribution in [0, 0.1) is 0 Å². The number of esters is 1. The van der Waals surface area contributed by atoms with Gasteiger partial charge in [0.15, 0.2) is 5.78 Å². The summed E-state index contributed by atoms with van der Waals surface area (Å²) in [5.41, 5.74) is 6.76. The number of carbonyl (C=O) groups is 2. The first-order chi connectivity index (χ1) is 11.0. The maximum atomic E-state index is 12.5. The standard InChI is InChI=1S/C16H16BrNO4S/c1-2-21-16(20)14-13(10-6-7-11(17)23-10)12-8(19)4-3-5-9(12)22-15(14)18/h6-7,13H,2-5,18H2,1H3/t13-/m0/s1. The van der Waals surface area contributed by atoms with Gasteiger partial charge in [-0.25, -0.2) is 4.79 Å². The number of nitrogens with two attached hydrogens (primary N) is 1. The van der Waals surface area contributed by atoms with E-state index in [0.717, 1.165) is 15.1 Å². The molecule has 2 N–H and O–H groups in total. The molecule has 23 heavy (non-hydrogen) atoms. The number of allylic oxidation sites excluding steroid dienone is 2. The number of Topliss-reactive ketones (excluding diaryl/α,β-unsaturated/α-hetero) is 1. The van der Waals surface area contributed by atoms with Gasteiger partial charge in [0.25, 0.3) is 0 Å². The van der Waals surface area contributed by atoms with E-state index in [2.05, 4.69) is 15.9 Å². The summed E-state index contributed by atoms with van der Waals surface area (Å²) in [7, 11) is 0. The summed E-state index contributed by atoms with van der Waals surface area (Å²) < 4.78 is 11.7. The molecule has 5 nitrogen and oxygen atoms in total. The Hall–Kier alpha value is -1.60. The molecule has 0 radical (unpaired) electrons. The molecule has 1 aliphatic heterocycles. The number of hydrogen-bond donors (Lipinski definition) is 1. The lowest BCUT2D eigenvalue weighted by atomic mass is 9.80. The molecule has 2 aliphatic rings. The summed E-state index contributed by atoms with van der Waals surface area (Å²) in [5, 5.41) is 0. The monoisotopic (exact) mass is 397 g/mol. The Morgan fingerprint density at radius 2 is 2.26 bits per heavy atom. The van der Waals surface area contributed by atoms with Gasteiger partial charge in [0, 0.05) is 23.3 Å². The number of halogens is 1. The van der Waals surface area contributed by atoms with E-state index in [1.54, 1.807) is 6.92 Å². The van der Waals surface area contributed by atoms with Crippen LogP contribution in [0.15, 0.2) is 38.7 Å². The van der Waals surface area contributed by atoms with E-state index in [1.807, 2.05) is 12.1 Å². The predicted molar refractivity (Wildman–Crippen MR) is 89.6 cm³/mol. The summed E-state index contributed by atoms with van der Waals surface area (Å²) in [6.45, 7) is 1.96. The maximum Gasteiger partial charge on any atom is 0.340 e. The highest BCUT2D eigenvalue weighted by molar-refractivity contribution is 9.11. The maximum absolute atomic E-state index is 12.5. The molecule has 1 aliphatic carbocycles. The fraction of sp³-hybridized carbons (Fsp3) is 0.375. The van der Waals surface area contributed by atoms with Gasteiger partial charge in [-0.1, -0.05) is 0 Å². The van der Waals surface area contributed by atoms with Gasteiger partial charge < -0.3 is 15.2 Å². The minimum Gasteiger partial charge on any atom is -0.462 e. The largest absolute Gasteiger partial charge is 0.462 e. The molecule has 7 heteroatoms. The molecule has 0 saturated heterocycles. The second-order valence-corrected chi connectivity index (χ2v) is 7.78. The molecule has 3 rings (SSSR count). The van der Waals surface area contributed by atoms with Crippen LogP contribution in [0.2, 0.25) is 0 Å². The normalized spacial score (nSPS) is 21.1. The van der Waals surface area contributed by atoms with Crippen molar-refractivity contribution in [3.05, 3.63) is 43.6 Å². The minimum absolute atomic E-state index is 0.00932. The molecule has 0 amide bonds. The fourth-order valence-corrected chi connectivity index (χ4v) is 4.48. The molecule has 1 aromatic rings. The van der Waals surface area contributed by atoms with E-state index in [4.69, 9.17) is 15.2 Å². The smallest absolute Gasteiger partial charge is 0.340 e. The van der Waals surface area contributed by atoms with Crippen molar-refractivity contribution in [1.82, 2.24) is 0 Å². The van der Waals surface area contributed by atoms with Gasteiger partial charge in [0.2, 0.25) is 5.88 Å². The average Bonchev–Trinajstić information content (AvgIpc) is 2.92. The van der Waals surface area contributed by atoms with Crippen molar-refractivity contribution in [3.8, 4) is 0 Å². The van der Waals surface area contributed by atoms with Gasteiger partial charge in [0.05, 0.1) is 16.3 Å². The third-order valence-corrected chi connectivity index (χ3v) is 5.55. The number of thiophene rings is 1. The lowest BCUT2D eigenvalue weighted by Gasteiger charge is -2.31. The minimum atomic E-state index is -0.538. The van der Waals surface area contributed by atoms with E-state index in [9.17, 15) is 9.59 Å². The zero-order chi connectivity index (χ0) is 16.6. The molecular weight excluding hydrogens is 382 g/mol. The van der Waals surface area contributed by atoms with Crippen molar-refractivity contribution in [1.29, 1.82) is 0 Å². The van der Waals surface area contributed by atoms with Gasteiger partial charge >= 0.3 is 5.97 Å². The number of ketones is 1. The Kier molecular flexibility index (Phi) is 4.59. The predicted octanol–water partition coefficient (Wildman–Crippen LogP) is 3.36. The third kappa shape index (κ3) is 2.95. The first-order valence-corrected chi connectivity index (χ1v) is 9.00. The zero-order valence-corrected chi connectivity index (χ0v) is 15.0. The van der Waals surface area contributed by atoms with Crippen LogP contribution in [0.4, 0.5) is 0 Å². The van der Waals surface area contributed by atoms with Crippen LogP contribution in [0.1, 0.15) is 37.0 Å². The Balaban J connectivity index is 2.14. The van der Waals surface area contributed by atoms with Gasteiger partial charge in [0.1, 0.15) is 11.3 Å². The van der Waals surface area contributed by atoms with E-state index in [-0.39, 0.29) is 23.8 Å². The highest BCUT2D eigenvalue weighted by Gasteiger charge is 2.41. The number of ether oxygens (including phenoxy) is 2. The molecule has 122 valence electrons. The van der Waals surface area contributed by atoms with Crippen LogP contribution in [-0.2, 0) is 19.1 Å². The van der Waals surface area contributed by atoms with Crippen molar-refractivity contribution in [3.63, 3.8) is 0 Å². The lowest BCUT2D eigenvalue weighted by molar-refractivity contribution is -0.139. The number of hydrogen-bond acceptors (Lipinski definition) is 6. The van der Waals surface area contributed by atoms with Gasteiger partial charge in [-0.05, 0) is 41.4 Å². The molecule has 1 aromatic heterocycles. The Labute approximate surface area is 146 Å². The molecule has 1 atom stereocenters. The molecule has 2 heterocycles. The first kappa shape index (κ1) is 16.3. The quantitative estimate of drug-likeness (QED) is 0.790. The summed E-state index contributed by atoms with van der Waals surface area (Å²) >= 11 is 4.90. The SMILES string of the molecule is CCOC(=O)C1=C(N)OC2=C(C(=O)CCC2)[C@@H]1c1ccc(Br)s1. The van der Waals surface area contributed by atoms with E-state index in [1.165, 1.54) is 11.3 Å². The highest BCUT2D eigenvalue weighted by atomic mass is 79.9. The van der Waals surface area contributed by atoms with Crippen LogP contribution in [0.3, 0.4) is 0 Å². The van der Waals surface area contributed by atoms with Crippen LogP contribution in [0.25, 0.3) is 0 Å². The van der Waals surface area contributed by atoms with Crippen molar-refractivity contribution >= 4 is 39.0 Å². The summed E-state index contributed by atoms with van der Waals surface area (Å²) in [6.07, 6.45) is 1.85. The van der Waals surface area contributed by atoms with E-state index < -0.39 is 11.9 Å². The molecule has 0 spiro atoms. The second kappa shape index (κ2) is 6.49. The molecule has 0 unspecified atom stereocenters. The van der Waals surface area contributed by atoms with E-state index in [0.29, 0.717) is 24.2 Å². The second-order valence-electron chi connectivity index (χ2n) is 5.29. The van der Waals surface area contributed by atoms with Crippen molar-refractivity contribution in [2.45, 2.75) is 32.1 Å². The highest BCUT2D eigenvalue weighted by Crippen LogP contribution is 2.46. The topological polar surface area (TPSA) is 78.6 Å². The average molecular weight is 398 g/mol. The summed E-state index contributed by atoms with van der Waals surface area (Å²) in [6, 6.07) is 3.78. The van der Waals surface area contributed by atoms with Crippen molar-refractivity contribution in [2.24, 2.45) is 5.73 Å². The zero-order valence-electron chi connectivity index (χ0n) is 12.6. The number of carbonyl (C=O) groups excluding carboxylic acids is 2. The van der Waals surface area contributed by atoms with Gasteiger partial charge in [-0.3, -0.25) is 4.79 Å². The Bertz CT molecular complexity index is 734. The lowest BCUT2D eigenvalue weighted by Crippen LogP contribution is -2.31. The van der Waals surface area contributed by atoms with Crippen LogP contribution < -0.4 is 5.73 Å². The van der Waals surface area contributed by atoms with Crippen LogP contribution in [-0.4, -0.2) is 18.4 Å². The first-order valence-electron chi connectivity index (χ1n) is 7.39. The molecule has 0 aromatic carbocycles. The number of rotatable bonds is 3. The molecule has 0 fully saturated rings. The third-order valence-electron chi connectivity index (χ3n) is 3.86. The fourth-order valence-electron chi connectivity index (χ4n) is 2.93. The van der Waals surface area contributed by atoms with Crippen molar-refractivity contribution < 1.29 is 19.1 Å². The van der Waals surface area contributed by atoms with Gasteiger partial charge in [-0.2, -0.15) is 0 Å². The Morgan fingerprint density at radius 1 is 1.48 bits per heavy atom. The van der Waals surface area contributed by atoms with Gasteiger partial charge in [-0.15, -0.1) is 11.3 Å². The van der Waals surface area contributed by atoms with Crippen LogP contribution >= 0.6 is 27.3 Å². The van der Waals surface area contributed by atoms with Crippen molar-refractivity contribution in [2.75, 3.05) is 6.61 Å². The summed E-state index contributed by atoms with van der Waals surface area (Å²) in [4.78, 5) is 25.8. The molecular formula is C16H16BrNO4S. The molecule has 0 saturated carbocycles.